The van der Waals surface area contributed by atoms with E-state index >= 15 is 0 Å². The molecule has 0 spiro atoms. The lowest BCUT2D eigenvalue weighted by molar-refractivity contribution is 0.0475. The Bertz CT molecular complexity index is 179. The Morgan fingerprint density at radius 2 is 1.76 bits per heavy atom. The molecule has 1 saturated heterocycles. The fraction of sp³-hybridized carbons (Fsp3) is 1.00. The van der Waals surface area contributed by atoms with Crippen molar-refractivity contribution in [3.05, 3.63) is 0 Å². The van der Waals surface area contributed by atoms with Gasteiger partial charge in [0.25, 0.3) is 0 Å². The molecule has 2 unspecified atom stereocenters. The molecule has 102 valence electrons. The number of rotatable bonds is 11. The first-order valence-corrected chi connectivity index (χ1v) is 8.39. The van der Waals surface area contributed by atoms with Crippen LogP contribution < -0.4 is 0 Å². The van der Waals surface area contributed by atoms with Crippen LogP contribution in [0.5, 0.6) is 0 Å². The van der Waals surface area contributed by atoms with Crippen LogP contribution in [-0.4, -0.2) is 47.5 Å². The van der Waals surface area contributed by atoms with Crippen LogP contribution in [0.3, 0.4) is 0 Å². The Balaban J connectivity index is 2.31. The number of ether oxygens (including phenoxy) is 2. The van der Waals surface area contributed by atoms with E-state index < -0.39 is 9.28 Å². The fourth-order valence-corrected chi connectivity index (χ4v) is 3.63. The zero-order chi connectivity index (χ0) is 12.5. The zero-order valence-corrected chi connectivity index (χ0v) is 12.5. The van der Waals surface area contributed by atoms with Crippen molar-refractivity contribution in [3.63, 3.8) is 0 Å². The molecule has 1 rings (SSSR count). The Kier molecular flexibility index (Phi) is 8.05. The molecular formula is C12H26O4Si. The van der Waals surface area contributed by atoms with Crippen LogP contribution in [0.15, 0.2) is 0 Å². The van der Waals surface area contributed by atoms with E-state index in [2.05, 4.69) is 20.8 Å². The van der Waals surface area contributed by atoms with Crippen LogP contribution in [0.4, 0.5) is 0 Å². The highest BCUT2D eigenvalue weighted by atomic mass is 28.3. The van der Waals surface area contributed by atoms with Crippen molar-refractivity contribution in [2.45, 2.75) is 51.9 Å². The normalized spacial score (nSPS) is 20.8. The van der Waals surface area contributed by atoms with E-state index in [-0.39, 0.29) is 5.73 Å². The van der Waals surface area contributed by atoms with E-state index in [1.807, 2.05) is 0 Å². The van der Waals surface area contributed by atoms with Gasteiger partial charge in [-0.1, -0.05) is 20.8 Å². The second kappa shape index (κ2) is 9.05. The first kappa shape index (κ1) is 15.1. The summed E-state index contributed by atoms with van der Waals surface area (Å²) in [4.78, 5) is 0. The van der Waals surface area contributed by atoms with Crippen LogP contribution in [0.1, 0.15) is 40.0 Å². The van der Waals surface area contributed by atoms with Gasteiger partial charge < -0.3 is 18.3 Å². The fourth-order valence-electron chi connectivity index (χ4n) is 1.51. The van der Waals surface area contributed by atoms with Gasteiger partial charge in [0.1, 0.15) is 6.10 Å². The summed E-state index contributed by atoms with van der Waals surface area (Å²) >= 11 is 0. The predicted octanol–water partition coefficient (Wildman–Crippen LogP) is 1.79. The zero-order valence-electron chi connectivity index (χ0n) is 11.3. The largest absolute Gasteiger partial charge is 0.395 e. The van der Waals surface area contributed by atoms with Gasteiger partial charge >= 0.3 is 9.28 Å². The highest BCUT2D eigenvalue weighted by Gasteiger charge is 2.29. The van der Waals surface area contributed by atoms with Crippen molar-refractivity contribution >= 4 is 9.28 Å². The average molecular weight is 262 g/mol. The molecule has 0 bridgehead atoms. The molecule has 0 amide bonds. The molecule has 0 aliphatic carbocycles. The molecule has 0 aromatic heterocycles. The SMILES string of the molecule is CCCO[SiH](OCCC)C(CC)OCC1CO1. The summed E-state index contributed by atoms with van der Waals surface area (Å²) in [6, 6.07) is 0. The third-order valence-corrected chi connectivity index (χ3v) is 4.98. The van der Waals surface area contributed by atoms with Crippen LogP contribution >= 0.6 is 0 Å². The van der Waals surface area contributed by atoms with E-state index in [9.17, 15) is 0 Å². The lowest BCUT2D eigenvalue weighted by Crippen LogP contribution is -2.40. The second-order valence-electron chi connectivity index (χ2n) is 4.35. The summed E-state index contributed by atoms with van der Waals surface area (Å²) in [5.74, 6) is 0. The minimum absolute atomic E-state index is 0.150. The Hall–Kier alpha value is 0.0569. The van der Waals surface area contributed by atoms with Crippen molar-refractivity contribution in [2.24, 2.45) is 0 Å². The quantitative estimate of drug-likeness (QED) is 0.420. The molecule has 1 aliphatic rings. The highest BCUT2D eigenvalue weighted by molar-refractivity contribution is 6.46. The van der Waals surface area contributed by atoms with Gasteiger partial charge in [-0.2, -0.15) is 0 Å². The maximum Gasteiger partial charge on any atom is 0.351 e. The predicted molar refractivity (Wildman–Crippen MR) is 69.4 cm³/mol. The highest BCUT2D eigenvalue weighted by Crippen LogP contribution is 2.13. The summed E-state index contributed by atoms with van der Waals surface area (Å²) in [6.45, 7) is 9.45. The van der Waals surface area contributed by atoms with Crippen LogP contribution in [0.2, 0.25) is 0 Å². The van der Waals surface area contributed by atoms with Gasteiger partial charge in [-0.15, -0.1) is 0 Å². The molecule has 5 heteroatoms. The smallest absolute Gasteiger partial charge is 0.351 e. The minimum atomic E-state index is -1.69. The molecule has 0 saturated carbocycles. The van der Waals surface area contributed by atoms with E-state index in [1.54, 1.807) is 0 Å². The lowest BCUT2D eigenvalue weighted by atomic mass is 10.5. The summed E-state index contributed by atoms with van der Waals surface area (Å²) < 4.78 is 22.7. The third-order valence-electron chi connectivity index (χ3n) is 2.58. The standard InChI is InChI=1S/C12H26O4Si/c1-4-7-15-17(16-8-5-2)12(6-3)14-10-11-9-13-11/h11-12,17H,4-10H2,1-3H3. The van der Waals surface area contributed by atoms with Crippen LogP contribution in [0, 0.1) is 0 Å². The van der Waals surface area contributed by atoms with Crippen molar-refractivity contribution in [1.82, 2.24) is 0 Å². The minimum Gasteiger partial charge on any atom is -0.395 e. The topological polar surface area (TPSA) is 40.2 Å². The monoisotopic (exact) mass is 262 g/mol. The molecule has 17 heavy (non-hydrogen) atoms. The molecule has 0 aromatic rings. The second-order valence-corrected chi connectivity index (χ2v) is 6.49. The summed E-state index contributed by atoms with van der Waals surface area (Å²) in [5.41, 5.74) is 0.150. The summed E-state index contributed by atoms with van der Waals surface area (Å²) in [6.07, 6.45) is 3.33. The Labute approximate surface area is 106 Å². The molecular weight excluding hydrogens is 236 g/mol. The maximum atomic E-state index is 5.86. The van der Waals surface area contributed by atoms with Gasteiger partial charge in [-0.25, -0.2) is 0 Å². The van der Waals surface area contributed by atoms with Crippen LogP contribution in [-0.2, 0) is 18.3 Å². The van der Waals surface area contributed by atoms with Crippen molar-refractivity contribution in [2.75, 3.05) is 26.4 Å². The van der Waals surface area contributed by atoms with Gasteiger partial charge in [0.05, 0.1) is 18.9 Å². The van der Waals surface area contributed by atoms with Gasteiger partial charge in [-0.3, -0.25) is 0 Å². The summed E-state index contributed by atoms with van der Waals surface area (Å²) in [7, 11) is -1.69. The van der Waals surface area contributed by atoms with Crippen molar-refractivity contribution in [3.8, 4) is 0 Å². The van der Waals surface area contributed by atoms with Gasteiger partial charge in [0.15, 0.2) is 0 Å². The molecule has 4 nitrogen and oxygen atoms in total. The lowest BCUT2D eigenvalue weighted by Gasteiger charge is -2.24. The van der Waals surface area contributed by atoms with Crippen molar-refractivity contribution < 1.29 is 18.3 Å². The first-order chi connectivity index (χ1) is 8.31. The number of hydrogen-bond donors (Lipinski definition) is 0. The van der Waals surface area contributed by atoms with E-state index in [1.165, 1.54) is 0 Å². The third kappa shape index (κ3) is 6.52. The molecule has 2 atom stereocenters. The first-order valence-electron chi connectivity index (χ1n) is 6.78. The molecule has 0 aromatic carbocycles. The van der Waals surface area contributed by atoms with E-state index in [0.717, 1.165) is 39.1 Å². The van der Waals surface area contributed by atoms with Gasteiger partial charge in [0, 0.05) is 13.2 Å². The Morgan fingerprint density at radius 1 is 1.18 bits per heavy atom. The Morgan fingerprint density at radius 3 is 2.18 bits per heavy atom. The van der Waals surface area contributed by atoms with E-state index in [0.29, 0.717) is 12.7 Å². The number of epoxide rings is 1. The summed E-state index contributed by atoms with van der Waals surface area (Å²) in [5, 5.41) is 0. The average Bonchev–Trinajstić information content (AvgIpc) is 3.16. The molecule has 0 N–H and O–H groups in total. The van der Waals surface area contributed by atoms with Crippen molar-refractivity contribution in [1.29, 1.82) is 0 Å². The van der Waals surface area contributed by atoms with Gasteiger partial charge in [0.2, 0.25) is 0 Å². The van der Waals surface area contributed by atoms with Gasteiger partial charge in [-0.05, 0) is 19.3 Å². The molecule has 1 aliphatic heterocycles. The number of hydrogen-bond acceptors (Lipinski definition) is 4. The molecule has 1 fully saturated rings. The van der Waals surface area contributed by atoms with E-state index in [4.69, 9.17) is 18.3 Å². The maximum absolute atomic E-state index is 5.86. The molecule has 0 radical (unpaired) electrons. The molecule has 1 heterocycles. The van der Waals surface area contributed by atoms with Crippen LogP contribution in [0.25, 0.3) is 0 Å².